The van der Waals surface area contributed by atoms with Gasteiger partial charge in [-0.1, -0.05) is 0 Å². The van der Waals surface area contributed by atoms with Crippen LogP contribution < -0.4 is 19.9 Å². The number of aromatic nitrogens is 5. The van der Waals surface area contributed by atoms with E-state index in [2.05, 4.69) is 42.3 Å². The summed E-state index contributed by atoms with van der Waals surface area (Å²) < 4.78 is 35.0. The molecule has 3 saturated heterocycles. The van der Waals surface area contributed by atoms with E-state index in [4.69, 9.17) is 14.2 Å². The summed E-state index contributed by atoms with van der Waals surface area (Å²) in [6.45, 7) is 5.10. The van der Waals surface area contributed by atoms with Crippen LogP contribution in [0.4, 0.5) is 15.9 Å². The number of anilines is 2. The van der Waals surface area contributed by atoms with Crippen LogP contribution in [0.15, 0.2) is 36.8 Å². The van der Waals surface area contributed by atoms with E-state index in [1.54, 1.807) is 24.7 Å². The van der Waals surface area contributed by atoms with E-state index < -0.39 is 17.8 Å². The highest BCUT2D eigenvalue weighted by molar-refractivity contribution is 6.05. The summed E-state index contributed by atoms with van der Waals surface area (Å²) in [6, 6.07) is 6.51. The van der Waals surface area contributed by atoms with Crippen molar-refractivity contribution in [3.8, 4) is 17.3 Å². The fourth-order valence-corrected chi connectivity index (χ4v) is 8.90. The third-order valence-corrected chi connectivity index (χ3v) is 12.6. The Morgan fingerprint density at radius 3 is 2.28 bits per heavy atom. The lowest BCUT2D eigenvalue weighted by Crippen LogP contribution is -2.52. The van der Waals surface area contributed by atoms with Crippen molar-refractivity contribution in [3.05, 3.63) is 53.7 Å². The number of benzene rings is 1. The summed E-state index contributed by atoms with van der Waals surface area (Å²) in [5, 5.41) is 10.8. The Bertz CT molecular complexity index is 2220. The van der Waals surface area contributed by atoms with Gasteiger partial charge in [-0.15, -0.1) is 0 Å². The van der Waals surface area contributed by atoms with Gasteiger partial charge in [-0.3, -0.25) is 24.8 Å². The van der Waals surface area contributed by atoms with Gasteiger partial charge in [0.25, 0.3) is 5.91 Å². The number of ether oxygens (including phenoxy) is 3. The van der Waals surface area contributed by atoms with Gasteiger partial charge in [-0.2, -0.15) is 5.10 Å². The normalized spacial score (nSPS) is 25.1. The highest BCUT2D eigenvalue weighted by Gasteiger charge is 2.42. The molecule has 0 spiro atoms. The van der Waals surface area contributed by atoms with Gasteiger partial charge in [0.1, 0.15) is 29.5 Å². The van der Waals surface area contributed by atoms with Crippen LogP contribution in [0, 0.1) is 5.82 Å². The van der Waals surface area contributed by atoms with Crippen molar-refractivity contribution in [2.45, 2.75) is 114 Å². The van der Waals surface area contributed by atoms with Gasteiger partial charge < -0.3 is 28.9 Å². The zero-order valence-corrected chi connectivity index (χ0v) is 31.9. The Morgan fingerprint density at radius 1 is 0.860 bits per heavy atom. The second-order valence-corrected chi connectivity index (χ2v) is 16.6. The van der Waals surface area contributed by atoms with Crippen LogP contribution in [-0.2, 0) is 25.6 Å². The predicted octanol–water partition coefficient (Wildman–Crippen LogP) is 4.45. The molecule has 0 bridgehead atoms. The van der Waals surface area contributed by atoms with Gasteiger partial charge in [0.15, 0.2) is 5.82 Å². The average molecular weight is 780 g/mol. The number of amides is 3. The molecular formula is C41H46FN9O6. The summed E-state index contributed by atoms with van der Waals surface area (Å²) in [4.78, 5) is 56.4. The SMILES string of the molecule is CC1(Oc2cc3c(-c4cc(N5CCC(OC6CC(OC7CCN(c8ccc9c(c8F)CN(C8CCC(=O)NC8=O)C9=O)CC7)C6)CC5)ncn4)n[nH]c3cn2)CC1. The number of carbonyl (C=O) groups is 3. The first-order valence-corrected chi connectivity index (χ1v) is 20.3. The summed E-state index contributed by atoms with van der Waals surface area (Å²) in [5.41, 5.74) is 3.28. The van der Waals surface area contributed by atoms with E-state index in [1.807, 2.05) is 17.0 Å². The third kappa shape index (κ3) is 7.06. The highest BCUT2D eigenvalue weighted by atomic mass is 19.1. The van der Waals surface area contributed by atoms with Gasteiger partial charge in [-0.05, 0) is 76.8 Å². The average Bonchev–Trinajstić information content (AvgIpc) is 3.61. The van der Waals surface area contributed by atoms with Gasteiger partial charge in [0.2, 0.25) is 17.7 Å². The van der Waals surface area contributed by atoms with E-state index in [0.29, 0.717) is 30.2 Å². The Balaban J connectivity index is 0.671. The van der Waals surface area contributed by atoms with Crippen molar-refractivity contribution in [1.29, 1.82) is 0 Å². The maximum atomic E-state index is 15.9. The van der Waals surface area contributed by atoms with Crippen molar-refractivity contribution in [2.75, 3.05) is 36.0 Å². The van der Waals surface area contributed by atoms with Gasteiger partial charge in [0.05, 0.1) is 54.1 Å². The second kappa shape index (κ2) is 14.3. The Labute approximate surface area is 328 Å². The second-order valence-electron chi connectivity index (χ2n) is 16.6. The summed E-state index contributed by atoms with van der Waals surface area (Å²) in [6.07, 6.45) is 11.7. The van der Waals surface area contributed by atoms with Crippen molar-refractivity contribution in [2.24, 2.45) is 0 Å². The van der Waals surface area contributed by atoms with E-state index in [0.717, 1.165) is 92.6 Å². The zero-order chi connectivity index (χ0) is 38.8. The molecule has 1 atom stereocenters. The van der Waals surface area contributed by atoms with Gasteiger partial charge >= 0.3 is 0 Å². The lowest BCUT2D eigenvalue weighted by Gasteiger charge is -2.42. The minimum atomic E-state index is -0.771. The molecule has 4 aromatic rings. The lowest BCUT2D eigenvalue weighted by molar-refractivity contribution is -0.149. The standard InChI is InChI=1S/C41H46FN9O6/c1-41(10-11-41)57-36-18-28-31(20-43-36)47-48-38(28)30-19-34(45-22-44-30)50-14-8-24(9-15-50)56-26-16-25(17-26)55-23-6-12-49(13-7-23)32-3-2-27-29(37(32)42)21-51(40(27)54)33-4-5-35(52)46-39(33)53/h2-3,18-20,22-26,33H,4-17,21H2,1H3,(H,47,48)(H,46,52,53). The van der Waals surface area contributed by atoms with Crippen LogP contribution in [0.3, 0.4) is 0 Å². The number of imide groups is 1. The summed E-state index contributed by atoms with van der Waals surface area (Å²) in [5.74, 6) is -0.164. The molecule has 10 rings (SSSR count). The first kappa shape index (κ1) is 36.1. The molecule has 3 amide bonds. The monoisotopic (exact) mass is 779 g/mol. The molecule has 7 heterocycles. The molecule has 16 heteroatoms. The molecule has 6 aliphatic rings. The van der Waals surface area contributed by atoms with Gasteiger partial charge in [-0.25, -0.2) is 19.3 Å². The van der Waals surface area contributed by atoms with Crippen molar-refractivity contribution in [3.63, 3.8) is 0 Å². The quantitative estimate of drug-likeness (QED) is 0.218. The number of piperidine rings is 3. The molecule has 1 unspecified atom stereocenters. The number of hydrogen-bond acceptors (Lipinski definition) is 12. The number of hydrogen-bond donors (Lipinski definition) is 2. The van der Waals surface area contributed by atoms with Crippen molar-refractivity contribution in [1.82, 2.24) is 35.4 Å². The van der Waals surface area contributed by atoms with Crippen LogP contribution in [0.2, 0.25) is 0 Å². The van der Waals surface area contributed by atoms with E-state index >= 15 is 4.39 Å². The van der Waals surface area contributed by atoms with Crippen molar-refractivity contribution < 1.29 is 33.0 Å². The molecule has 3 aromatic heterocycles. The number of nitrogens with zero attached hydrogens (tertiary/aromatic N) is 7. The number of nitrogens with one attached hydrogen (secondary N) is 2. The minimum Gasteiger partial charge on any atom is -0.471 e. The number of carbonyl (C=O) groups excluding carboxylic acids is 3. The topological polar surface area (TPSA) is 168 Å². The molecule has 1 aromatic carbocycles. The largest absolute Gasteiger partial charge is 0.471 e. The number of halogens is 1. The Hall–Kier alpha value is -5.22. The van der Waals surface area contributed by atoms with Crippen molar-refractivity contribution >= 4 is 40.1 Å². The first-order valence-electron chi connectivity index (χ1n) is 20.3. The molecule has 5 fully saturated rings. The molecule has 2 N–H and O–H groups in total. The Morgan fingerprint density at radius 2 is 1.58 bits per heavy atom. The summed E-state index contributed by atoms with van der Waals surface area (Å²) in [7, 11) is 0. The van der Waals surface area contributed by atoms with Crippen LogP contribution in [0.25, 0.3) is 22.3 Å². The maximum absolute atomic E-state index is 15.9. The van der Waals surface area contributed by atoms with Crippen LogP contribution in [0.1, 0.15) is 87.1 Å². The summed E-state index contributed by atoms with van der Waals surface area (Å²) >= 11 is 0. The predicted molar refractivity (Wildman–Crippen MR) is 205 cm³/mol. The highest BCUT2D eigenvalue weighted by Crippen LogP contribution is 2.40. The lowest BCUT2D eigenvalue weighted by atomic mass is 9.90. The molecule has 4 aliphatic heterocycles. The molecule has 57 heavy (non-hydrogen) atoms. The fraction of sp³-hybridized carbons (Fsp3) is 0.537. The van der Waals surface area contributed by atoms with E-state index in [9.17, 15) is 14.4 Å². The number of fused-ring (bicyclic) bond motifs is 2. The molecule has 298 valence electrons. The van der Waals surface area contributed by atoms with E-state index in [-0.39, 0.29) is 66.8 Å². The number of aromatic amines is 1. The number of rotatable bonds is 10. The first-order chi connectivity index (χ1) is 27.7. The number of pyridine rings is 1. The van der Waals surface area contributed by atoms with E-state index in [1.165, 1.54) is 4.90 Å². The molecule has 2 saturated carbocycles. The molecule has 2 aliphatic carbocycles. The minimum absolute atomic E-state index is 0.0202. The molecule has 15 nitrogen and oxygen atoms in total. The van der Waals surface area contributed by atoms with Crippen LogP contribution >= 0.6 is 0 Å². The van der Waals surface area contributed by atoms with Crippen LogP contribution in [0.5, 0.6) is 5.88 Å². The third-order valence-electron chi connectivity index (χ3n) is 12.6. The molecule has 0 radical (unpaired) electrons. The van der Waals surface area contributed by atoms with Crippen LogP contribution in [-0.4, -0.2) is 110 Å². The number of H-pyrrole nitrogens is 1. The zero-order valence-electron chi connectivity index (χ0n) is 31.9. The smallest absolute Gasteiger partial charge is 0.255 e. The maximum Gasteiger partial charge on any atom is 0.255 e. The van der Waals surface area contributed by atoms with Gasteiger partial charge in [0, 0.05) is 61.2 Å². The molecular weight excluding hydrogens is 734 g/mol. The fourth-order valence-electron chi connectivity index (χ4n) is 8.90. The Kier molecular flexibility index (Phi) is 9.07.